The summed E-state index contributed by atoms with van der Waals surface area (Å²) in [6.45, 7) is 2.03. The van der Waals surface area contributed by atoms with Gasteiger partial charge in [0, 0.05) is 28.1 Å². The first-order chi connectivity index (χ1) is 10.2. The summed E-state index contributed by atoms with van der Waals surface area (Å²) in [6.07, 6.45) is 3.97. The molecule has 0 spiro atoms. The van der Waals surface area contributed by atoms with Crippen molar-refractivity contribution in [1.82, 2.24) is 9.78 Å². The van der Waals surface area contributed by atoms with Crippen LogP contribution in [-0.2, 0) is 5.75 Å². The fourth-order valence-corrected chi connectivity index (χ4v) is 3.06. The normalized spacial score (nSPS) is 10.7. The van der Waals surface area contributed by atoms with Crippen LogP contribution in [-0.4, -0.2) is 9.78 Å². The van der Waals surface area contributed by atoms with Crippen molar-refractivity contribution < 1.29 is 0 Å². The van der Waals surface area contributed by atoms with Crippen LogP contribution in [0.2, 0.25) is 0 Å². The number of aromatic nitrogens is 2. The van der Waals surface area contributed by atoms with E-state index >= 15 is 0 Å². The highest BCUT2D eigenvalue weighted by molar-refractivity contribution is 7.98. The van der Waals surface area contributed by atoms with Crippen molar-refractivity contribution in [3.05, 3.63) is 72.1 Å². The molecular weight excluding hydrogens is 278 g/mol. The summed E-state index contributed by atoms with van der Waals surface area (Å²) >= 11 is 1.74. The Morgan fingerprint density at radius 1 is 1.10 bits per heavy atom. The molecule has 0 amide bonds. The molecule has 4 heteroatoms. The lowest BCUT2D eigenvalue weighted by atomic mass is 10.2. The highest BCUT2D eigenvalue weighted by atomic mass is 32.2. The molecule has 0 atom stereocenters. The number of aryl methyl sites for hydroxylation is 1. The molecule has 0 saturated carbocycles. The molecular formula is C17H17N3S. The van der Waals surface area contributed by atoms with E-state index in [1.54, 1.807) is 11.8 Å². The minimum absolute atomic E-state index is 0.862. The number of nitrogens with zero attached hydrogens (tertiary/aromatic N) is 2. The first kappa shape index (κ1) is 13.8. The number of para-hydroxylation sites is 2. The van der Waals surface area contributed by atoms with Crippen LogP contribution in [0.5, 0.6) is 0 Å². The molecule has 106 valence electrons. The molecule has 3 nitrogen and oxygen atoms in total. The molecule has 0 radical (unpaired) electrons. The standard InChI is InChI=1S/C17H17N3S/c1-13-6-5-9-16(17(13)18)21-12-14-10-19-20(11-14)15-7-3-2-4-8-15/h2-11H,12,18H2,1H3. The first-order valence-electron chi connectivity index (χ1n) is 6.81. The van der Waals surface area contributed by atoms with Gasteiger partial charge in [-0.25, -0.2) is 4.68 Å². The van der Waals surface area contributed by atoms with Crippen LogP contribution in [0.25, 0.3) is 5.69 Å². The summed E-state index contributed by atoms with van der Waals surface area (Å²) in [5.41, 5.74) is 10.4. The van der Waals surface area contributed by atoms with Gasteiger partial charge in [-0.2, -0.15) is 5.10 Å². The van der Waals surface area contributed by atoms with Gasteiger partial charge < -0.3 is 5.73 Å². The molecule has 0 bridgehead atoms. The van der Waals surface area contributed by atoms with Gasteiger partial charge in [0.2, 0.25) is 0 Å². The maximum absolute atomic E-state index is 6.10. The SMILES string of the molecule is Cc1cccc(SCc2cnn(-c3ccccc3)c2)c1N. The molecule has 1 aromatic heterocycles. The van der Waals surface area contributed by atoms with Crippen LogP contribution in [0.4, 0.5) is 5.69 Å². The summed E-state index contributed by atoms with van der Waals surface area (Å²) in [6, 6.07) is 16.3. The number of thioether (sulfide) groups is 1. The molecule has 3 aromatic rings. The molecule has 1 heterocycles. The third-order valence-corrected chi connectivity index (χ3v) is 4.48. The predicted octanol–water partition coefficient (Wildman–Crippen LogP) is 4.06. The maximum Gasteiger partial charge on any atom is 0.0645 e. The number of hydrogen-bond acceptors (Lipinski definition) is 3. The van der Waals surface area contributed by atoms with E-state index in [-0.39, 0.29) is 0 Å². The largest absolute Gasteiger partial charge is 0.398 e. The van der Waals surface area contributed by atoms with E-state index in [1.807, 2.05) is 60.3 Å². The van der Waals surface area contributed by atoms with Crippen LogP contribution >= 0.6 is 11.8 Å². The first-order valence-corrected chi connectivity index (χ1v) is 7.79. The Bertz CT molecular complexity index is 735. The molecule has 0 aliphatic heterocycles. The molecule has 2 aromatic carbocycles. The Morgan fingerprint density at radius 3 is 2.71 bits per heavy atom. The molecule has 0 aliphatic rings. The number of rotatable bonds is 4. The number of benzene rings is 2. The minimum Gasteiger partial charge on any atom is -0.398 e. The lowest BCUT2D eigenvalue weighted by Crippen LogP contribution is -1.93. The minimum atomic E-state index is 0.862. The topological polar surface area (TPSA) is 43.8 Å². The molecule has 0 unspecified atom stereocenters. The molecule has 0 fully saturated rings. The molecule has 0 saturated heterocycles. The van der Waals surface area contributed by atoms with Crippen LogP contribution in [0.3, 0.4) is 0 Å². The number of nitrogen functional groups attached to an aromatic ring is 1. The van der Waals surface area contributed by atoms with Crippen molar-refractivity contribution in [1.29, 1.82) is 0 Å². The van der Waals surface area contributed by atoms with Crippen LogP contribution in [0.1, 0.15) is 11.1 Å². The second-order valence-electron chi connectivity index (χ2n) is 4.90. The zero-order valence-corrected chi connectivity index (χ0v) is 12.7. The highest BCUT2D eigenvalue weighted by Crippen LogP contribution is 2.30. The van der Waals surface area contributed by atoms with Gasteiger partial charge in [-0.05, 0) is 30.7 Å². The van der Waals surface area contributed by atoms with Crippen molar-refractivity contribution in [3.63, 3.8) is 0 Å². The summed E-state index contributed by atoms with van der Waals surface area (Å²) < 4.78 is 1.90. The number of hydrogen-bond donors (Lipinski definition) is 1. The quantitative estimate of drug-likeness (QED) is 0.583. The van der Waals surface area contributed by atoms with E-state index in [0.29, 0.717) is 0 Å². The van der Waals surface area contributed by atoms with Gasteiger partial charge in [0.05, 0.1) is 11.9 Å². The van der Waals surface area contributed by atoms with Crippen LogP contribution in [0.15, 0.2) is 65.8 Å². The molecule has 2 N–H and O–H groups in total. The lowest BCUT2D eigenvalue weighted by molar-refractivity contribution is 0.880. The third kappa shape index (κ3) is 3.11. The zero-order valence-electron chi connectivity index (χ0n) is 11.9. The van der Waals surface area contributed by atoms with E-state index in [4.69, 9.17) is 5.73 Å². The average molecular weight is 295 g/mol. The molecule has 21 heavy (non-hydrogen) atoms. The fraction of sp³-hybridized carbons (Fsp3) is 0.118. The van der Waals surface area contributed by atoms with Crippen molar-refractivity contribution >= 4 is 17.4 Å². The van der Waals surface area contributed by atoms with E-state index < -0.39 is 0 Å². The summed E-state index contributed by atoms with van der Waals surface area (Å²) in [5, 5.41) is 4.41. The van der Waals surface area contributed by atoms with Gasteiger partial charge in [0.1, 0.15) is 0 Å². The van der Waals surface area contributed by atoms with E-state index in [1.165, 1.54) is 5.56 Å². The predicted molar refractivity (Wildman–Crippen MR) is 88.7 cm³/mol. The highest BCUT2D eigenvalue weighted by Gasteiger charge is 2.05. The van der Waals surface area contributed by atoms with Gasteiger partial charge >= 0.3 is 0 Å². The van der Waals surface area contributed by atoms with E-state index in [2.05, 4.69) is 17.4 Å². The fourth-order valence-electron chi connectivity index (χ4n) is 2.10. The Balaban J connectivity index is 1.72. The maximum atomic E-state index is 6.10. The lowest BCUT2D eigenvalue weighted by Gasteiger charge is -2.06. The number of nitrogens with two attached hydrogens (primary N) is 1. The van der Waals surface area contributed by atoms with Crippen LogP contribution < -0.4 is 5.73 Å². The van der Waals surface area contributed by atoms with Crippen molar-refractivity contribution in [2.75, 3.05) is 5.73 Å². The number of anilines is 1. The average Bonchev–Trinajstić information content (AvgIpc) is 2.99. The second kappa shape index (κ2) is 6.06. The van der Waals surface area contributed by atoms with Crippen LogP contribution in [0, 0.1) is 6.92 Å². The zero-order chi connectivity index (χ0) is 14.7. The summed E-state index contributed by atoms with van der Waals surface area (Å²) in [5.74, 6) is 0.862. The second-order valence-corrected chi connectivity index (χ2v) is 5.92. The van der Waals surface area contributed by atoms with Gasteiger partial charge in [-0.1, -0.05) is 30.3 Å². The summed E-state index contributed by atoms with van der Waals surface area (Å²) in [7, 11) is 0. The van der Waals surface area contributed by atoms with Gasteiger partial charge in [-0.15, -0.1) is 11.8 Å². The van der Waals surface area contributed by atoms with Crippen molar-refractivity contribution in [2.24, 2.45) is 0 Å². The monoisotopic (exact) mass is 295 g/mol. The van der Waals surface area contributed by atoms with E-state index in [0.717, 1.165) is 27.6 Å². The van der Waals surface area contributed by atoms with E-state index in [9.17, 15) is 0 Å². The Labute approximate surface area is 128 Å². The molecule has 0 aliphatic carbocycles. The Morgan fingerprint density at radius 2 is 1.90 bits per heavy atom. The van der Waals surface area contributed by atoms with Crippen molar-refractivity contribution in [3.8, 4) is 5.69 Å². The third-order valence-electron chi connectivity index (χ3n) is 3.34. The smallest absolute Gasteiger partial charge is 0.0645 e. The summed E-state index contributed by atoms with van der Waals surface area (Å²) in [4.78, 5) is 1.13. The van der Waals surface area contributed by atoms with Gasteiger partial charge in [-0.3, -0.25) is 0 Å². The van der Waals surface area contributed by atoms with Gasteiger partial charge in [0.25, 0.3) is 0 Å². The Kier molecular flexibility index (Phi) is 3.97. The Hall–Kier alpha value is -2.20. The van der Waals surface area contributed by atoms with Crippen molar-refractivity contribution in [2.45, 2.75) is 17.6 Å². The van der Waals surface area contributed by atoms with Gasteiger partial charge in [0.15, 0.2) is 0 Å². The molecule has 3 rings (SSSR count).